The quantitative estimate of drug-likeness (QED) is 0.0380. The summed E-state index contributed by atoms with van der Waals surface area (Å²) in [6, 6.07) is 13.2. The van der Waals surface area contributed by atoms with Crippen LogP contribution in [0.15, 0.2) is 64.5 Å². The molecule has 2 aromatic heterocycles. The summed E-state index contributed by atoms with van der Waals surface area (Å²) < 4.78 is 26.2. The molecule has 0 spiro atoms. The van der Waals surface area contributed by atoms with E-state index in [1.165, 1.54) is 11.3 Å². The Kier molecular flexibility index (Phi) is 13.1. The number of sulfone groups is 1. The zero-order valence-electron chi connectivity index (χ0n) is 33.7. The highest BCUT2D eigenvalue weighted by Crippen LogP contribution is 2.35. The monoisotopic (exact) mass is 854 g/mol. The van der Waals surface area contributed by atoms with Crippen LogP contribution in [0.25, 0.3) is 21.2 Å². The average Bonchev–Trinajstić information content (AvgIpc) is 3.79. The van der Waals surface area contributed by atoms with E-state index in [1.807, 2.05) is 37.4 Å². The fraction of sp³-hybridized carbons (Fsp3) is 0.432. The van der Waals surface area contributed by atoms with Gasteiger partial charge in [-0.3, -0.25) is 44.0 Å². The van der Waals surface area contributed by atoms with Gasteiger partial charge in [0, 0.05) is 53.6 Å². The predicted molar refractivity (Wildman–Crippen MR) is 232 cm³/mol. The molecule has 60 heavy (non-hydrogen) atoms. The number of nitrogens with one attached hydrogen (secondary N) is 2. The number of piperidine rings is 1. The summed E-state index contributed by atoms with van der Waals surface area (Å²) in [5, 5.41) is 6.05. The van der Waals surface area contributed by atoms with Crippen molar-refractivity contribution in [3.05, 3.63) is 86.6 Å². The summed E-state index contributed by atoms with van der Waals surface area (Å²) in [6.45, 7) is 2.99. The molecule has 3 aliphatic heterocycles. The van der Waals surface area contributed by atoms with E-state index in [0.29, 0.717) is 59.7 Å². The van der Waals surface area contributed by atoms with Crippen molar-refractivity contribution in [2.45, 2.75) is 103 Å². The Morgan fingerprint density at radius 3 is 2.35 bits per heavy atom. The number of Topliss-reactive ketones (excluding diaryl/α,β-unsaturated/α-hetero) is 1. The number of pyridine rings is 1. The summed E-state index contributed by atoms with van der Waals surface area (Å²) in [7, 11) is -3.03. The van der Waals surface area contributed by atoms with Crippen LogP contribution >= 0.6 is 11.3 Å². The summed E-state index contributed by atoms with van der Waals surface area (Å²) >= 11 is 1.38. The first-order chi connectivity index (χ1) is 28.8. The smallest absolute Gasteiger partial charge is 0.264 e. The third-order valence-electron chi connectivity index (χ3n) is 11.6. The maximum atomic E-state index is 13.4. The lowest BCUT2D eigenvalue weighted by atomic mass is 9.99. The van der Waals surface area contributed by atoms with Crippen LogP contribution in [0.4, 0.5) is 5.69 Å². The predicted octanol–water partition coefficient (Wildman–Crippen LogP) is 5.85. The maximum Gasteiger partial charge on any atom is 0.264 e. The first kappa shape index (κ1) is 42.6. The number of amides is 4. The Bertz CT molecular complexity index is 2550. The molecule has 0 aliphatic carbocycles. The number of hydrogen-bond acceptors (Lipinski definition) is 11. The normalized spacial score (nSPS) is 18.2. The van der Waals surface area contributed by atoms with Crippen LogP contribution < -0.4 is 21.9 Å². The lowest BCUT2D eigenvalue weighted by molar-refractivity contribution is -0.136. The number of carbonyl (C=O) groups is 5. The topological polar surface area (TPSA) is 207 Å². The minimum Gasteiger partial charge on any atom is -0.384 e. The average molecular weight is 855 g/mol. The fourth-order valence-electron chi connectivity index (χ4n) is 8.20. The number of amidine groups is 1. The molecule has 0 saturated carbocycles. The van der Waals surface area contributed by atoms with Crippen LogP contribution in [0, 0.1) is 0 Å². The summed E-state index contributed by atoms with van der Waals surface area (Å²) in [4.78, 5) is 83.4. The molecule has 1 unspecified atom stereocenters. The van der Waals surface area contributed by atoms with E-state index in [0.717, 1.165) is 65.7 Å². The molecule has 7 rings (SSSR count). The Morgan fingerprint density at radius 2 is 1.62 bits per heavy atom. The van der Waals surface area contributed by atoms with Crippen LogP contribution in [-0.2, 0) is 26.0 Å². The third-order valence-corrected chi connectivity index (χ3v) is 14.5. The van der Waals surface area contributed by atoms with Crippen LogP contribution in [-0.4, -0.2) is 83.3 Å². The number of aromatic nitrogens is 1. The molecule has 3 aliphatic rings. The van der Waals surface area contributed by atoms with E-state index in [4.69, 9.17) is 5.73 Å². The van der Waals surface area contributed by atoms with Crippen molar-refractivity contribution >= 4 is 72.2 Å². The SMILES string of the molecule is CCn1cc(-c2cccc(C(=O)CCCCCCCCCNc3cccc4c3C(=O)N(C3CCC(=O)NC3=O)C4=O)c2)c2sc(C(N)=NC3CCS(=O)(=O)CC3)cc2c1=O. The van der Waals surface area contributed by atoms with Crippen molar-refractivity contribution in [3.63, 3.8) is 0 Å². The van der Waals surface area contributed by atoms with Gasteiger partial charge in [0.2, 0.25) is 11.8 Å². The Balaban J connectivity index is 0.870. The number of rotatable bonds is 17. The van der Waals surface area contributed by atoms with E-state index in [1.54, 1.807) is 28.8 Å². The second-order valence-corrected chi connectivity index (χ2v) is 19.1. The number of carbonyl (C=O) groups excluding carboxylic acids is 5. The minimum absolute atomic E-state index is 0.0635. The maximum absolute atomic E-state index is 13.4. The van der Waals surface area contributed by atoms with Crippen molar-refractivity contribution < 1.29 is 32.4 Å². The molecule has 4 N–H and O–H groups in total. The van der Waals surface area contributed by atoms with Gasteiger partial charge in [0.05, 0.1) is 38.9 Å². The van der Waals surface area contributed by atoms with Gasteiger partial charge in [0.15, 0.2) is 5.78 Å². The lowest BCUT2D eigenvalue weighted by Gasteiger charge is -2.27. The van der Waals surface area contributed by atoms with E-state index in [2.05, 4.69) is 15.6 Å². The molecular weight excluding hydrogens is 805 g/mol. The van der Waals surface area contributed by atoms with Crippen LogP contribution in [0.1, 0.15) is 120 Å². The number of anilines is 1. The first-order valence-electron chi connectivity index (χ1n) is 20.8. The van der Waals surface area contributed by atoms with Gasteiger partial charge in [0.1, 0.15) is 21.7 Å². The summed E-state index contributed by atoms with van der Waals surface area (Å²) in [5.41, 5.74) is 9.64. The number of nitrogens with two attached hydrogens (primary N) is 1. The number of imide groups is 2. The van der Waals surface area contributed by atoms with Gasteiger partial charge in [-0.2, -0.15) is 0 Å². The van der Waals surface area contributed by atoms with Gasteiger partial charge >= 0.3 is 0 Å². The Morgan fingerprint density at radius 1 is 0.900 bits per heavy atom. The third kappa shape index (κ3) is 9.29. The highest BCUT2D eigenvalue weighted by atomic mass is 32.2. The molecule has 1 atom stereocenters. The van der Waals surface area contributed by atoms with Crippen LogP contribution in [0.5, 0.6) is 0 Å². The number of aryl methyl sites for hydroxylation is 1. The number of aliphatic imine (C=N–C) groups is 1. The zero-order valence-corrected chi connectivity index (χ0v) is 35.3. The molecule has 2 fully saturated rings. The number of unbranched alkanes of at least 4 members (excludes halogenated alkanes) is 6. The van der Waals surface area contributed by atoms with Gasteiger partial charge in [-0.1, -0.05) is 56.4 Å². The highest BCUT2D eigenvalue weighted by Gasteiger charge is 2.45. The molecule has 4 amide bonds. The number of ketones is 1. The van der Waals surface area contributed by atoms with Crippen molar-refractivity contribution in [2.24, 2.45) is 10.7 Å². The molecule has 14 nitrogen and oxygen atoms in total. The Hall–Kier alpha value is -5.48. The van der Waals surface area contributed by atoms with E-state index in [9.17, 15) is 37.2 Å². The molecule has 16 heteroatoms. The number of fused-ring (bicyclic) bond motifs is 2. The minimum atomic E-state index is -3.03. The molecule has 4 aromatic rings. The molecular formula is C44H50N6O8S2. The number of benzene rings is 2. The number of thiophene rings is 1. The van der Waals surface area contributed by atoms with Crippen LogP contribution in [0.3, 0.4) is 0 Å². The molecule has 0 radical (unpaired) electrons. The first-order valence-corrected chi connectivity index (χ1v) is 23.4. The lowest BCUT2D eigenvalue weighted by Crippen LogP contribution is -2.54. The molecule has 0 bridgehead atoms. The van der Waals surface area contributed by atoms with Crippen molar-refractivity contribution in [1.82, 2.24) is 14.8 Å². The molecule has 2 saturated heterocycles. The second-order valence-electron chi connectivity index (χ2n) is 15.7. The Labute approximate surface area is 352 Å². The molecule has 2 aromatic carbocycles. The van der Waals surface area contributed by atoms with Gasteiger partial charge in [-0.05, 0) is 68.9 Å². The van der Waals surface area contributed by atoms with Crippen molar-refractivity contribution in [1.29, 1.82) is 0 Å². The van der Waals surface area contributed by atoms with Crippen molar-refractivity contribution in [3.8, 4) is 11.1 Å². The van der Waals surface area contributed by atoms with Crippen LogP contribution in [0.2, 0.25) is 0 Å². The molecule has 5 heterocycles. The van der Waals surface area contributed by atoms with E-state index >= 15 is 0 Å². The zero-order chi connectivity index (χ0) is 42.6. The molecule has 316 valence electrons. The van der Waals surface area contributed by atoms with E-state index < -0.39 is 39.5 Å². The van der Waals surface area contributed by atoms with Gasteiger partial charge in [0.25, 0.3) is 17.4 Å². The highest BCUT2D eigenvalue weighted by molar-refractivity contribution is 7.91. The van der Waals surface area contributed by atoms with E-state index in [-0.39, 0.29) is 52.9 Å². The summed E-state index contributed by atoms with van der Waals surface area (Å²) in [6.07, 6.45) is 9.89. The second kappa shape index (κ2) is 18.4. The number of hydrogen-bond donors (Lipinski definition) is 3. The largest absolute Gasteiger partial charge is 0.384 e. The number of nitrogens with zero attached hydrogens (tertiary/aromatic N) is 3. The summed E-state index contributed by atoms with van der Waals surface area (Å²) in [5.74, 6) is -1.56. The van der Waals surface area contributed by atoms with Crippen molar-refractivity contribution in [2.75, 3.05) is 23.4 Å². The van der Waals surface area contributed by atoms with Gasteiger partial charge < -0.3 is 15.6 Å². The fourth-order valence-corrected chi connectivity index (χ4v) is 10.8. The van der Waals surface area contributed by atoms with Gasteiger partial charge in [-0.15, -0.1) is 11.3 Å². The standard InChI is InChI=1S/C44H50N6O8S2/c1-2-49-26-32(39-31(42(49)54)25-36(59-39)40(45)47-29-19-22-60(57,58)23-20-29)27-12-10-13-28(24-27)35(51)16-8-6-4-3-5-7-9-21-46-33-15-11-14-30-38(33)44(56)50(43(30)55)34-17-18-37(52)48-41(34)53/h10-15,24-26,29,34,46H,2-9,16-23H2,1H3,(H2,45,47)(H,48,52,53). The van der Waals surface area contributed by atoms with Gasteiger partial charge in [-0.25, -0.2) is 8.42 Å².